The van der Waals surface area contributed by atoms with E-state index >= 15 is 0 Å². The van der Waals surface area contributed by atoms with E-state index in [4.69, 9.17) is 5.73 Å². The van der Waals surface area contributed by atoms with Crippen LogP contribution in [0.1, 0.15) is 29.2 Å². The van der Waals surface area contributed by atoms with Gasteiger partial charge in [0, 0.05) is 4.47 Å². The zero-order valence-corrected chi connectivity index (χ0v) is 12.6. The summed E-state index contributed by atoms with van der Waals surface area (Å²) < 4.78 is 1.07. The van der Waals surface area contributed by atoms with Crippen molar-refractivity contribution in [1.82, 2.24) is 0 Å². The van der Waals surface area contributed by atoms with E-state index in [9.17, 15) is 0 Å². The molecule has 94 valence electrons. The Bertz CT molecular complexity index is 536. The van der Waals surface area contributed by atoms with Gasteiger partial charge in [-0.3, -0.25) is 0 Å². The van der Waals surface area contributed by atoms with Crippen molar-refractivity contribution in [2.45, 2.75) is 26.3 Å². The van der Waals surface area contributed by atoms with Gasteiger partial charge in [-0.1, -0.05) is 57.4 Å². The Balaban J connectivity index is 2.49. The number of halogens is 1. The van der Waals surface area contributed by atoms with Crippen molar-refractivity contribution in [2.24, 2.45) is 5.73 Å². The van der Waals surface area contributed by atoms with Crippen molar-refractivity contribution in [3.8, 4) is 0 Å². The van der Waals surface area contributed by atoms with Crippen molar-refractivity contribution in [1.29, 1.82) is 0 Å². The van der Waals surface area contributed by atoms with E-state index in [0.29, 0.717) is 0 Å². The molecule has 2 rings (SSSR count). The number of nitrogens with two attached hydrogens (primary N) is 1. The maximum atomic E-state index is 6.53. The van der Waals surface area contributed by atoms with E-state index in [0.717, 1.165) is 15.6 Å². The monoisotopic (exact) mass is 303 g/mol. The third kappa shape index (κ3) is 2.65. The van der Waals surface area contributed by atoms with Crippen LogP contribution in [0.5, 0.6) is 0 Å². The second kappa shape index (κ2) is 4.87. The molecule has 0 fully saturated rings. The lowest BCUT2D eigenvalue weighted by molar-refractivity contribution is 0.602. The minimum absolute atomic E-state index is 0.461. The summed E-state index contributed by atoms with van der Waals surface area (Å²) >= 11 is 3.45. The van der Waals surface area contributed by atoms with Crippen LogP contribution in [0.3, 0.4) is 0 Å². The van der Waals surface area contributed by atoms with Crippen LogP contribution in [0.2, 0.25) is 0 Å². The second-order valence-electron chi connectivity index (χ2n) is 5.09. The molecule has 1 atom stereocenters. The van der Waals surface area contributed by atoms with Crippen LogP contribution < -0.4 is 5.73 Å². The zero-order valence-electron chi connectivity index (χ0n) is 11.0. The lowest BCUT2D eigenvalue weighted by Crippen LogP contribution is -2.34. The minimum atomic E-state index is -0.461. The Kier molecular flexibility index (Phi) is 3.60. The molecular weight excluding hydrogens is 286 g/mol. The summed E-state index contributed by atoms with van der Waals surface area (Å²) in [6, 6.07) is 14.7. The molecule has 0 saturated heterocycles. The van der Waals surface area contributed by atoms with Gasteiger partial charge >= 0.3 is 0 Å². The predicted molar refractivity (Wildman–Crippen MR) is 80.7 cm³/mol. The summed E-state index contributed by atoms with van der Waals surface area (Å²) in [5.74, 6) is 0. The fraction of sp³-hybridized carbons (Fsp3) is 0.250. The first-order valence-corrected chi connectivity index (χ1v) is 6.82. The minimum Gasteiger partial charge on any atom is -0.318 e. The first-order chi connectivity index (χ1) is 8.39. The molecule has 1 unspecified atom stereocenters. The maximum absolute atomic E-state index is 6.53. The standard InChI is InChI=1S/C16H18BrN/c1-11-8-12(2)10-14(9-11)16(3,18)13-4-6-15(17)7-5-13/h4-10H,18H2,1-3H3. The molecule has 0 aromatic heterocycles. The Labute approximate surface area is 117 Å². The van der Waals surface area contributed by atoms with Gasteiger partial charge in [0.2, 0.25) is 0 Å². The van der Waals surface area contributed by atoms with E-state index < -0.39 is 5.54 Å². The van der Waals surface area contributed by atoms with Crippen LogP contribution in [0, 0.1) is 13.8 Å². The van der Waals surface area contributed by atoms with Crippen molar-refractivity contribution in [2.75, 3.05) is 0 Å². The number of aryl methyl sites for hydroxylation is 2. The fourth-order valence-corrected chi connectivity index (χ4v) is 2.50. The number of hydrogen-bond acceptors (Lipinski definition) is 1. The van der Waals surface area contributed by atoms with E-state index in [2.05, 4.69) is 67.0 Å². The van der Waals surface area contributed by atoms with E-state index in [1.54, 1.807) is 0 Å². The molecular formula is C16H18BrN. The predicted octanol–water partition coefficient (Wildman–Crippen LogP) is 4.29. The lowest BCUT2D eigenvalue weighted by atomic mass is 9.84. The zero-order chi connectivity index (χ0) is 13.3. The molecule has 0 aliphatic carbocycles. The topological polar surface area (TPSA) is 26.0 Å². The molecule has 2 N–H and O–H groups in total. The van der Waals surface area contributed by atoms with Gasteiger partial charge in [0.1, 0.15) is 0 Å². The molecule has 0 spiro atoms. The summed E-state index contributed by atoms with van der Waals surface area (Å²) in [7, 11) is 0. The van der Waals surface area contributed by atoms with Gasteiger partial charge in [-0.2, -0.15) is 0 Å². The SMILES string of the molecule is Cc1cc(C)cc(C(C)(N)c2ccc(Br)cc2)c1. The first kappa shape index (κ1) is 13.3. The smallest absolute Gasteiger partial charge is 0.0637 e. The number of rotatable bonds is 2. The summed E-state index contributed by atoms with van der Waals surface area (Å²) in [4.78, 5) is 0. The van der Waals surface area contributed by atoms with Gasteiger partial charge in [-0.25, -0.2) is 0 Å². The molecule has 0 amide bonds. The molecule has 0 aliphatic rings. The van der Waals surface area contributed by atoms with E-state index in [1.165, 1.54) is 11.1 Å². The van der Waals surface area contributed by atoms with Gasteiger partial charge in [-0.15, -0.1) is 0 Å². The molecule has 2 heteroatoms. The molecule has 2 aromatic rings. The highest BCUT2D eigenvalue weighted by Gasteiger charge is 2.23. The molecule has 2 aromatic carbocycles. The van der Waals surface area contributed by atoms with Gasteiger partial charge in [-0.05, 0) is 44.0 Å². The average Bonchev–Trinajstić information content (AvgIpc) is 2.28. The Morgan fingerprint density at radius 3 is 1.89 bits per heavy atom. The average molecular weight is 304 g/mol. The summed E-state index contributed by atoms with van der Waals surface area (Å²) in [5, 5.41) is 0. The van der Waals surface area contributed by atoms with Crippen LogP contribution in [-0.2, 0) is 5.54 Å². The van der Waals surface area contributed by atoms with Crippen molar-refractivity contribution in [3.63, 3.8) is 0 Å². The Morgan fingerprint density at radius 1 is 0.889 bits per heavy atom. The second-order valence-corrected chi connectivity index (χ2v) is 6.00. The molecule has 0 saturated carbocycles. The van der Waals surface area contributed by atoms with E-state index in [1.807, 2.05) is 12.1 Å². The lowest BCUT2D eigenvalue weighted by Gasteiger charge is -2.27. The van der Waals surface area contributed by atoms with Crippen LogP contribution in [-0.4, -0.2) is 0 Å². The molecule has 0 radical (unpaired) electrons. The molecule has 0 aliphatic heterocycles. The van der Waals surface area contributed by atoms with Crippen molar-refractivity contribution in [3.05, 3.63) is 69.2 Å². The van der Waals surface area contributed by atoms with Gasteiger partial charge < -0.3 is 5.73 Å². The third-order valence-corrected chi connectivity index (χ3v) is 3.79. The quantitative estimate of drug-likeness (QED) is 0.880. The highest BCUT2D eigenvalue weighted by molar-refractivity contribution is 9.10. The van der Waals surface area contributed by atoms with E-state index in [-0.39, 0.29) is 0 Å². The van der Waals surface area contributed by atoms with Crippen molar-refractivity contribution < 1.29 is 0 Å². The first-order valence-electron chi connectivity index (χ1n) is 6.03. The van der Waals surface area contributed by atoms with Gasteiger partial charge in [0.05, 0.1) is 5.54 Å². The number of benzene rings is 2. The third-order valence-electron chi connectivity index (χ3n) is 3.27. The maximum Gasteiger partial charge on any atom is 0.0637 e. The summed E-state index contributed by atoms with van der Waals surface area (Å²) in [6.07, 6.45) is 0. The van der Waals surface area contributed by atoms with Crippen LogP contribution in [0.4, 0.5) is 0 Å². The van der Waals surface area contributed by atoms with Crippen LogP contribution >= 0.6 is 15.9 Å². The van der Waals surface area contributed by atoms with Crippen LogP contribution in [0.25, 0.3) is 0 Å². The molecule has 18 heavy (non-hydrogen) atoms. The largest absolute Gasteiger partial charge is 0.318 e. The summed E-state index contributed by atoms with van der Waals surface area (Å²) in [6.45, 7) is 6.27. The fourth-order valence-electron chi connectivity index (χ4n) is 2.24. The highest BCUT2D eigenvalue weighted by Crippen LogP contribution is 2.28. The molecule has 0 bridgehead atoms. The molecule has 0 heterocycles. The Hall–Kier alpha value is -1.12. The highest BCUT2D eigenvalue weighted by atomic mass is 79.9. The van der Waals surface area contributed by atoms with Crippen LogP contribution in [0.15, 0.2) is 46.9 Å². The summed E-state index contributed by atoms with van der Waals surface area (Å²) in [5.41, 5.74) is 10.8. The van der Waals surface area contributed by atoms with Crippen molar-refractivity contribution >= 4 is 15.9 Å². The number of hydrogen-bond donors (Lipinski definition) is 1. The Morgan fingerprint density at radius 2 is 1.39 bits per heavy atom. The molecule has 1 nitrogen and oxygen atoms in total. The normalized spacial score (nSPS) is 14.3. The van der Waals surface area contributed by atoms with Gasteiger partial charge in [0.15, 0.2) is 0 Å². The van der Waals surface area contributed by atoms with Gasteiger partial charge in [0.25, 0.3) is 0 Å².